The van der Waals surface area contributed by atoms with E-state index in [0.29, 0.717) is 25.6 Å². The van der Waals surface area contributed by atoms with Gasteiger partial charge in [-0.25, -0.2) is 4.99 Å². The van der Waals surface area contributed by atoms with Crippen molar-refractivity contribution in [2.24, 2.45) is 10.9 Å². The van der Waals surface area contributed by atoms with E-state index in [1.807, 2.05) is 0 Å². The van der Waals surface area contributed by atoms with Crippen LogP contribution in [0.3, 0.4) is 0 Å². The number of benzene rings is 1. The molecule has 6 nitrogen and oxygen atoms in total. The summed E-state index contributed by atoms with van der Waals surface area (Å²) in [6, 6.07) is 8.34. The zero-order valence-corrected chi connectivity index (χ0v) is 19.1. The van der Waals surface area contributed by atoms with Gasteiger partial charge < -0.3 is 20.9 Å². The van der Waals surface area contributed by atoms with E-state index in [1.165, 1.54) is 12.8 Å². The zero-order chi connectivity index (χ0) is 18.8. The SMILES string of the molecule is CCNC(=NCc1ccc(N2CCNC(=O)C2)cc1)NCC(CC)CC.I. The van der Waals surface area contributed by atoms with Crippen LogP contribution in [-0.2, 0) is 11.3 Å². The summed E-state index contributed by atoms with van der Waals surface area (Å²) in [4.78, 5) is 18.3. The Kier molecular flexibility index (Phi) is 11.2. The lowest BCUT2D eigenvalue weighted by molar-refractivity contribution is -0.120. The van der Waals surface area contributed by atoms with E-state index >= 15 is 0 Å². The van der Waals surface area contributed by atoms with Gasteiger partial charge in [0.25, 0.3) is 0 Å². The molecule has 152 valence electrons. The molecule has 27 heavy (non-hydrogen) atoms. The first-order valence-electron chi connectivity index (χ1n) is 9.79. The molecule has 1 heterocycles. The first-order chi connectivity index (χ1) is 12.7. The van der Waals surface area contributed by atoms with Crippen LogP contribution in [0.2, 0.25) is 0 Å². The number of guanidine groups is 1. The lowest BCUT2D eigenvalue weighted by Gasteiger charge is -2.28. The molecule has 1 aliphatic rings. The topological polar surface area (TPSA) is 68.8 Å². The minimum absolute atomic E-state index is 0. The number of hydrogen-bond acceptors (Lipinski definition) is 3. The molecule has 1 aromatic carbocycles. The average molecular weight is 487 g/mol. The van der Waals surface area contributed by atoms with Crippen molar-refractivity contribution < 1.29 is 4.79 Å². The predicted octanol–water partition coefficient (Wildman–Crippen LogP) is 2.73. The molecule has 1 amide bonds. The number of piperazine rings is 1. The van der Waals surface area contributed by atoms with Gasteiger partial charge in [-0.05, 0) is 30.5 Å². The largest absolute Gasteiger partial charge is 0.360 e. The molecule has 0 aliphatic carbocycles. The highest BCUT2D eigenvalue weighted by molar-refractivity contribution is 14.0. The van der Waals surface area contributed by atoms with Gasteiger partial charge in [0.1, 0.15) is 0 Å². The van der Waals surface area contributed by atoms with Crippen LogP contribution in [0.5, 0.6) is 0 Å². The van der Waals surface area contributed by atoms with E-state index in [1.54, 1.807) is 0 Å². The number of carbonyl (C=O) groups excluding carboxylic acids is 1. The number of carbonyl (C=O) groups is 1. The Balaban J connectivity index is 0.00000364. The van der Waals surface area contributed by atoms with Crippen molar-refractivity contribution in [1.29, 1.82) is 0 Å². The molecule has 0 radical (unpaired) electrons. The Labute approximate surface area is 180 Å². The van der Waals surface area contributed by atoms with Gasteiger partial charge in [-0.15, -0.1) is 24.0 Å². The Morgan fingerprint density at radius 3 is 2.48 bits per heavy atom. The second-order valence-corrected chi connectivity index (χ2v) is 6.70. The summed E-state index contributed by atoms with van der Waals surface area (Å²) in [6.07, 6.45) is 2.36. The van der Waals surface area contributed by atoms with Gasteiger partial charge in [0.05, 0.1) is 13.1 Å². The highest BCUT2D eigenvalue weighted by atomic mass is 127. The van der Waals surface area contributed by atoms with Gasteiger partial charge >= 0.3 is 0 Å². The summed E-state index contributed by atoms with van der Waals surface area (Å²) in [6.45, 7) is 11.0. The zero-order valence-electron chi connectivity index (χ0n) is 16.8. The number of halogens is 1. The molecular weight excluding hydrogens is 453 g/mol. The van der Waals surface area contributed by atoms with Crippen molar-refractivity contribution >= 4 is 41.5 Å². The summed E-state index contributed by atoms with van der Waals surface area (Å²) in [5, 5.41) is 9.61. The first-order valence-corrected chi connectivity index (χ1v) is 9.79. The van der Waals surface area contributed by atoms with Crippen molar-refractivity contribution in [3.63, 3.8) is 0 Å². The second-order valence-electron chi connectivity index (χ2n) is 6.70. The van der Waals surface area contributed by atoms with Gasteiger partial charge in [-0.3, -0.25) is 4.79 Å². The maximum absolute atomic E-state index is 11.5. The van der Waals surface area contributed by atoms with E-state index in [9.17, 15) is 4.79 Å². The summed E-state index contributed by atoms with van der Waals surface area (Å²) in [7, 11) is 0. The van der Waals surface area contributed by atoms with E-state index in [-0.39, 0.29) is 29.9 Å². The third kappa shape index (κ3) is 7.94. The summed E-state index contributed by atoms with van der Waals surface area (Å²) in [5.41, 5.74) is 2.25. The van der Waals surface area contributed by atoms with Crippen LogP contribution in [0, 0.1) is 5.92 Å². The fourth-order valence-electron chi connectivity index (χ4n) is 3.00. The number of hydrogen-bond donors (Lipinski definition) is 3. The van der Waals surface area contributed by atoms with E-state index < -0.39 is 0 Å². The predicted molar refractivity (Wildman–Crippen MR) is 124 cm³/mol. The van der Waals surface area contributed by atoms with Crippen molar-refractivity contribution in [1.82, 2.24) is 16.0 Å². The van der Waals surface area contributed by atoms with Crippen LogP contribution in [0.1, 0.15) is 39.2 Å². The van der Waals surface area contributed by atoms with Crippen LogP contribution >= 0.6 is 24.0 Å². The van der Waals surface area contributed by atoms with Gasteiger partial charge in [0, 0.05) is 31.9 Å². The van der Waals surface area contributed by atoms with Gasteiger partial charge in [-0.2, -0.15) is 0 Å². The van der Waals surface area contributed by atoms with Gasteiger partial charge in [0.2, 0.25) is 5.91 Å². The molecular formula is C20H34IN5O. The van der Waals surface area contributed by atoms with Crippen LogP contribution in [0.25, 0.3) is 0 Å². The lowest BCUT2D eigenvalue weighted by Crippen LogP contribution is -2.47. The first kappa shape index (κ1) is 23.5. The molecule has 1 aliphatic heterocycles. The third-order valence-electron chi connectivity index (χ3n) is 4.82. The molecule has 0 bridgehead atoms. The Bertz CT molecular complexity index is 587. The van der Waals surface area contributed by atoms with Crippen molar-refractivity contribution in [3.8, 4) is 0 Å². The standard InChI is InChI=1S/C20H33N5O.HI/c1-4-16(5-2)13-23-20(21-6-3)24-14-17-7-9-18(10-8-17)25-12-11-22-19(26)15-25;/h7-10,16H,4-6,11-15H2,1-3H3,(H,22,26)(H2,21,23,24);1H. The normalized spacial score (nSPS) is 14.6. The van der Waals surface area contributed by atoms with Crippen LogP contribution in [0.4, 0.5) is 5.69 Å². The Morgan fingerprint density at radius 2 is 1.89 bits per heavy atom. The van der Waals surface area contributed by atoms with E-state index in [0.717, 1.165) is 36.8 Å². The molecule has 3 N–H and O–H groups in total. The minimum Gasteiger partial charge on any atom is -0.360 e. The van der Waals surface area contributed by atoms with Crippen molar-refractivity contribution in [2.75, 3.05) is 37.6 Å². The van der Waals surface area contributed by atoms with Crippen LogP contribution in [-0.4, -0.2) is 44.6 Å². The number of aliphatic imine (C=N–C) groups is 1. The molecule has 0 unspecified atom stereocenters. The molecule has 7 heteroatoms. The fourth-order valence-corrected chi connectivity index (χ4v) is 3.00. The van der Waals surface area contributed by atoms with E-state index in [4.69, 9.17) is 4.99 Å². The summed E-state index contributed by atoms with van der Waals surface area (Å²) < 4.78 is 0. The Hall–Kier alpha value is -1.51. The summed E-state index contributed by atoms with van der Waals surface area (Å²) in [5.74, 6) is 1.64. The number of nitrogens with one attached hydrogen (secondary N) is 3. The number of amides is 1. The maximum atomic E-state index is 11.5. The number of anilines is 1. The molecule has 0 saturated carbocycles. The molecule has 0 spiro atoms. The molecule has 2 rings (SSSR count). The van der Waals surface area contributed by atoms with Crippen molar-refractivity contribution in [2.45, 2.75) is 40.2 Å². The van der Waals surface area contributed by atoms with Gasteiger partial charge in [0.15, 0.2) is 5.96 Å². The highest BCUT2D eigenvalue weighted by Gasteiger charge is 2.16. The molecule has 1 saturated heterocycles. The number of nitrogens with zero attached hydrogens (tertiary/aromatic N) is 2. The van der Waals surface area contributed by atoms with Crippen LogP contribution in [0.15, 0.2) is 29.3 Å². The third-order valence-corrected chi connectivity index (χ3v) is 4.82. The highest BCUT2D eigenvalue weighted by Crippen LogP contribution is 2.16. The quantitative estimate of drug-likeness (QED) is 0.300. The minimum atomic E-state index is 0. The molecule has 1 fully saturated rings. The van der Waals surface area contributed by atoms with Crippen molar-refractivity contribution in [3.05, 3.63) is 29.8 Å². The molecule has 0 aromatic heterocycles. The van der Waals surface area contributed by atoms with Gasteiger partial charge in [-0.1, -0.05) is 38.8 Å². The fraction of sp³-hybridized carbons (Fsp3) is 0.600. The van der Waals surface area contributed by atoms with Crippen LogP contribution < -0.4 is 20.9 Å². The monoisotopic (exact) mass is 487 g/mol. The lowest BCUT2D eigenvalue weighted by atomic mass is 10.0. The summed E-state index contributed by atoms with van der Waals surface area (Å²) >= 11 is 0. The maximum Gasteiger partial charge on any atom is 0.239 e. The molecule has 0 atom stereocenters. The smallest absolute Gasteiger partial charge is 0.239 e. The van der Waals surface area contributed by atoms with E-state index in [2.05, 4.69) is 65.9 Å². The second kappa shape index (κ2) is 12.8. The average Bonchev–Trinajstić information content (AvgIpc) is 2.67. The Morgan fingerprint density at radius 1 is 1.19 bits per heavy atom. The number of rotatable bonds is 8. The molecule has 1 aromatic rings.